The first-order chi connectivity index (χ1) is 19.1. The number of nitrogens with one attached hydrogen (secondary N) is 1. The zero-order valence-electron chi connectivity index (χ0n) is 21.5. The number of aromatic nitrogens is 3. The van der Waals surface area contributed by atoms with Crippen molar-refractivity contribution in [3.63, 3.8) is 0 Å². The second-order valence-corrected chi connectivity index (χ2v) is 10.9. The Bertz CT molecular complexity index is 1540. The van der Waals surface area contributed by atoms with Crippen molar-refractivity contribution in [2.75, 3.05) is 31.6 Å². The van der Waals surface area contributed by atoms with Crippen molar-refractivity contribution in [1.82, 2.24) is 19.9 Å². The largest absolute Gasteiger partial charge is 0.379 e. The monoisotopic (exact) mass is 536 g/mol. The lowest BCUT2D eigenvalue weighted by atomic mass is 9.96. The molecule has 0 saturated carbocycles. The summed E-state index contributed by atoms with van der Waals surface area (Å²) in [4.78, 5) is 30.8. The first-order valence-electron chi connectivity index (χ1n) is 13.2. The van der Waals surface area contributed by atoms with E-state index in [2.05, 4.69) is 21.3 Å². The maximum Gasteiger partial charge on any atom is 0.257 e. The van der Waals surface area contributed by atoms with Crippen molar-refractivity contribution in [2.45, 2.75) is 31.7 Å². The smallest absolute Gasteiger partial charge is 0.257 e. The highest BCUT2D eigenvalue weighted by Crippen LogP contribution is 2.32. The number of benzene rings is 2. The van der Waals surface area contributed by atoms with Gasteiger partial charge in [-0.15, -0.1) is 11.3 Å². The molecule has 1 fully saturated rings. The molecule has 4 aromatic rings. The van der Waals surface area contributed by atoms with Crippen LogP contribution in [0.4, 0.5) is 5.13 Å². The highest BCUT2D eigenvalue weighted by atomic mass is 32.1. The number of fused-ring (bicyclic) bond motifs is 1. The summed E-state index contributed by atoms with van der Waals surface area (Å²) < 4.78 is 5.51. The number of rotatable bonds is 6. The molecule has 9 heteroatoms. The molecule has 8 nitrogen and oxygen atoms in total. The lowest BCUT2D eigenvalue weighted by Gasteiger charge is -2.36. The third-order valence-electron chi connectivity index (χ3n) is 7.24. The Balaban J connectivity index is 1.12. The molecule has 1 aliphatic carbocycles. The fourth-order valence-electron chi connectivity index (χ4n) is 5.23. The van der Waals surface area contributed by atoms with Gasteiger partial charge in [0.25, 0.3) is 5.91 Å². The number of carbonyl (C=O) groups excluding carboxylic acids is 1. The van der Waals surface area contributed by atoms with E-state index in [-0.39, 0.29) is 5.91 Å². The van der Waals surface area contributed by atoms with E-state index in [0.717, 1.165) is 68.1 Å². The van der Waals surface area contributed by atoms with Crippen LogP contribution in [0, 0.1) is 11.3 Å². The van der Waals surface area contributed by atoms with Gasteiger partial charge in [-0.05, 0) is 55.2 Å². The number of morpholine rings is 1. The maximum atomic E-state index is 13.1. The van der Waals surface area contributed by atoms with Gasteiger partial charge in [0, 0.05) is 47.8 Å². The summed E-state index contributed by atoms with van der Waals surface area (Å²) in [5.74, 6) is 0.477. The molecule has 196 valence electrons. The van der Waals surface area contributed by atoms with E-state index in [1.54, 1.807) is 23.6 Å². The van der Waals surface area contributed by atoms with E-state index >= 15 is 0 Å². The SMILES string of the molecule is N#Cc1cccc(-c2ccnc(Cc3cccc(C(=O)Nc4nc5c(s4)C[C@@H](N4CCOCC4)CC5)c3)n2)c1. The molecule has 1 N–H and O–H groups in total. The molecule has 1 aliphatic heterocycles. The molecular formula is C30H28N6O2S. The highest BCUT2D eigenvalue weighted by Gasteiger charge is 2.28. The van der Waals surface area contributed by atoms with Crippen LogP contribution in [0.1, 0.15) is 44.3 Å². The summed E-state index contributed by atoms with van der Waals surface area (Å²) in [6.07, 6.45) is 5.24. The quantitative estimate of drug-likeness (QED) is 0.387. The summed E-state index contributed by atoms with van der Waals surface area (Å²) in [5.41, 5.74) is 4.85. The van der Waals surface area contributed by atoms with Gasteiger partial charge in [0.1, 0.15) is 5.82 Å². The van der Waals surface area contributed by atoms with E-state index in [9.17, 15) is 10.1 Å². The fraction of sp³-hybridized carbons (Fsp3) is 0.300. The normalized spacial score (nSPS) is 17.3. The van der Waals surface area contributed by atoms with Crippen LogP contribution in [-0.4, -0.2) is 58.1 Å². The molecule has 0 spiro atoms. The second kappa shape index (κ2) is 11.4. The van der Waals surface area contributed by atoms with E-state index in [1.807, 2.05) is 48.5 Å². The molecule has 6 rings (SSSR count). The predicted octanol–water partition coefficient (Wildman–Crippen LogP) is 4.50. The molecule has 0 bridgehead atoms. The summed E-state index contributed by atoms with van der Waals surface area (Å²) in [6, 6.07) is 19.4. The van der Waals surface area contributed by atoms with Crippen LogP contribution < -0.4 is 5.32 Å². The van der Waals surface area contributed by atoms with E-state index in [1.165, 1.54) is 4.88 Å². The number of hydrogen-bond donors (Lipinski definition) is 1. The van der Waals surface area contributed by atoms with Gasteiger partial charge in [-0.2, -0.15) is 5.26 Å². The number of amides is 1. The Morgan fingerprint density at radius 2 is 2.00 bits per heavy atom. The fourth-order valence-corrected chi connectivity index (χ4v) is 6.31. The van der Waals surface area contributed by atoms with Crippen molar-refractivity contribution >= 4 is 22.4 Å². The summed E-state index contributed by atoms with van der Waals surface area (Å²) in [7, 11) is 0. The van der Waals surface area contributed by atoms with Gasteiger partial charge >= 0.3 is 0 Å². The average molecular weight is 537 g/mol. The highest BCUT2D eigenvalue weighted by molar-refractivity contribution is 7.15. The molecule has 3 heterocycles. The van der Waals surface area contributed by atoms with E-state index < -0.39 is 0 Å². The molecule has 1 saturated heterocycles. The van der Waals surface area contributed by atoms with Gasteiger partial charge in [-0.25, -0.2) is 15.0 Å². The Hall–Kier alpha value is -3.97. The minimum absolute atomic E-state index is 0.171. The first-order valence-corrected chi connectivity index (χ1v) is 14.0. The van der Waals surface area contributed by atoms with Crippen LogP contribution in [0.5, 0.6) is 0 Å². The van der Waals surface area contributed by atoms with Gasteiger partial charge < -0.3 is 4.74 Å². The number of carbonyl (C=O) groups is 1. The van der Waals surface area contributed by atoms with Gasteiger partial charge in [0.05, 0.1) is 36.2 Å². The number of nitrogens with zero attached hydrogens (tertiary/aromatic N) is 5. The average Bonchev–Trinajstić information content (AvgIpc) is 3.39. The number of ether oxygens (including phenoxy) is 1. The third-order valence-corrected chi connectivity index (χ3v) is 8.28. The van der Waals surface area contributed by atoms with E-state index in [0.29, 0.717) is 34.5 Å². The van der Waals surface area contributed by atoms with E-state index in [4.69, 9.17) is 14.7 Å². The van der Waals surface area contributed by atoms with Crippen LogP contribution in [0.3, 0.4) is 0 Å². The Labute approximate surface area is 231 Å². The summed E-state index contributed by atoms with van der Waals surface area (Å²) in [6.45, 7) is 3.59. The molecule has 0 unspecified atom stereocenters. The standard InChI is InChI=1S/C30H28N6O2S/c31-19-21-4-2-5-22(16-21)25-9-10-32-28(33-25)17-20-3-1-6-23(15-20)29(37)35-30-34-26-8-7-24(18-27(26)39-30)36-11-13-38-14-12-36/h1-6,9-10,15-16,24H,7-8,11-14,17-18H2,(H,34,35,37)/t24-/m0/s1. The number of nitriles is 1. The summed E-state index contributed by atoms with van der Waals surface area (Å²) >= 11 is 1.59. The second-order valence-electron chi connectivity index (χ2n) is 9.82. The molecule has 2 aromatic carbocycles. The lowest BCUT2D eigenvalue weighted by molar-refractivity contribution is 0.0139. The van der Waals surface area contributed by atoms with Crippen LogP contribution in [0.2, 0.25) is 0 Å². The van der Waals surface area contributed by atoms with Crippen LogP contribution >= 0.6 is 11.3 Å². The molecule has 2 aliphatic rings. The van der Waals surface area contributed by atoms with Crippen LogP contribution in [0.15, 0.2) is 60.8 Å². The molecule has 0 radical (unpaired) electrons. The predicted molar refractivity (Wildman–Crippen MR) is 150 cm³/mol. The summed E-state index contributed by atoms with van der Waals surface area (Å²) in [5, 5.41) is 12.9. The lowest BCUT2D eigenvalue weighted by Crippen LogP contribution is -2.45. The molecular weight excluding hydrogens is 508 g/mol. The topological polar surface area (TPSA) is 104 Å². The van der Waals surface area contributed by atoms with Gasteiger partial charge in [0.2, 0.25) is 0 Å². The Kier molecular flexibility index (Phi) is 7.41. The number of hydrogen-bond acceptors (Lipinski definition) is 8. The third kappa shape index (κ3) is 5.88. The van der Waals surface area contributed by atoms with Gasteiger partial charge in [-0.1, -0.05) is 24.3 Å². The minimum Gasteiger partial charge on any atom is -0.379 e. The first kappa shape index (κ1) is 25.3. The van der Waals surface area contributed by atoms with Gasteiger partial charge in [-0.3, -0.25) is 15.0 Å². The van der Waals surface area contributed by atoms with Crippen molar-refractivity contribution in [1.29, 1.82) is 5.26 Å². The zero-order valence-corrected chi connectivity index (χ0v) is 22.3. The van der Waals surface area contributed by atoms with Crippen molar-refractivity contribution in [3.8, 4) is 17.3 Å². The van der Waals surface area contributed by atoms with Gasteiger partial charge in [0.15, 0.2) is 5.13 Å². The van der Waals surface area contributed by atoms with Crippen molar-refractivity contribution < 1.29 is 9.53 Å². The molecule has 39 heavy (non-hydrogen) atoms. The van der Waals surface area contributed by atoms with Crippen LogP contribution in [0.25, 0.3) is 11.3 Å². The Morgan fingerprint density at radius 3 is 2.87 bits per heavy atom. The zero-order chi connectivity index (χ0) is 26.6. The molecule has 1 amide bonds. The maximum absolute atomic E-state index is 13.1. The number of thiazole rings is 1. The van der Waals surface area contributed by atoms with Crippen molar-refractivity contribution in [3.05, 3.63) is 93.9 Å². The Morgan fingerprint density at radius 1 is 1.13 bits per heavy atom. The minimum atomic E-state index is -0.171. The van der Waals surface area contributed by atoms with Crippen molar-refractivity contribution in [2.24, 2.45) is 0 Å². The number of anilines is 1. The van der Waals surface area contributed by atoms with Crippen LogP contribution in [-0.2, 0) is 24.0 Å². The molecule has 1 atom stereocenters. The number of aryl methyl sites for hydroxylation is 1. The molecule has 2 aromatic heterocycles.